The summed E-state index contributed by atoms with van der Waals surface area (Å²) < 4.78 is 0. The molecule has 0 aliphatic heterocycles. The molecule has 1 aromatic rings. The van der Waals surface area contributed by atoms with Crippen LogP contribution in [0.5, 0.6) is 5.75 Å². The zero-order chi connectivity index (χ0) is 16.6. The fourth-order valence-electron chi connectivity index (χ4n) is 2.11. The zero-order valence-corrected chi connectivity index (χ0v) is 15.1. The summed E-state index contributed by atoms with van der Waals surface area (Å²) in [5.41, 5.74) is 2.67. The SMILES string of the molecule is CC(C)(C)C#Cc1cc(C(C)(C)C)c(O)c(C(C)(C)C)c1. The maximum absolute atomic E-state index is 10.7. The van der Waals surface area contributed by atoms with Crippen LogP contribution in [-0.4, -0.2) is 5.11 Å². The summed E-state index contributed by atoms with van der Waals surface area (Å²) in [5.74, 6) is 6.97. The minimum absolute atomic E-state index is 0.0261. The van der Waals surface area contributed by atoms with Crippen LogP contribution in [0.25, 0.3) is 0 Å². The van der Waals surface area contributed by atoms with Crippen LogP contribution < -0.4 is 0 Å². The van der Waals surface area contributed by atoms with E-state index in [9.17, 15) is 5.11 Å². The Morgan fingerprint density at radius 1 is 0.762 bits per heavy atom. The highest BCUT2D eigenvalue weighted by Crippen LogP contribution is 2.39. The van der Waals surface area contributed by atoms with E-state index in [1.807, 2.05) is 12.1 Å². The van der Waals surface area contributed by atoms with Crippen LogP contribution in [0.2, 0.25) is 0 Å². The van der Waals surface area contributed by atoms with Crippen LogP contribution in [0.3, 0.4) is 0 Å². The Morgan fingerprint density at radius 2 is 1.14 bits per heavy atom. The molecule has 0 fully saturated rings. The maximum Gasteiger partial charge on any atom is 0.123 e. The molecule has 1 heteroatoms. The molecule has 0 saturated heterocycles. The highest BCUT2D eigenvalue weighted by atomic mass is 16.3. The third kappa shape index (κ3) is 4.81. The highest BCUT2D eigenvalue weighted by Gasteiger charge is 2.26. The van der Waals surface area contributed by atoms with Gasteiger partial charge in [0, 0.05) is 22.1 Å². The van der Waals surface area contributed by atoms with Crippen molar-refractivity contribution >= 4 is 0 Å². The standard InChI is InChI=1S/C20H30O/c1-18(2,3)11-10-14-12-15(19(4,5)6)17(21)16(13-14)20(7,8)9/h12-13,21H,1-9H3. The molecule has 1 nitrogen and oxygen atoms in total. The molecular weight excluding hydrogens is 256 g/mol. The second-order valence-electron chi connectivity index (χ2n) is 8.92. The van der Waals surface area contributed by atoms with E-state index in [1.54, 1.807) is 0 Å². The van der Waals surface area contributed by atoms with Crippen molar-refractivity contribution in [2.24, 2.45) is 5.41 Å². The number of phenolic OH excluding ortho intramolecular Hbond substituents is 1. The average molecular weight is 286 g/mol. The molecule has 0 amide bonds. The lowest BCUT2D eigenvalue weighted by molar-refractivity contribution is 0.423. The van der Waals surface area contributed by atoms with Crippen molar-refractivity contribution in [3.63, 3.8) is 0 Å². The minimum atomic E-state index is -0.108. The molecular formula is C20H30O. The largest absolute Gasteiger partial charge is 0.507 e. The van der Waals surface area contributed by atoms with Gasteiger partial charge in [0.15, 0.2) is 0 Å². The molecule has 1 aromatic carbocycles. The summed E-state index contributed by atoms with van der Waals surface area (Å²) in [7, 11) is 0. The molecule has 0 heterocycles. The first-order valence-corrected chi connectivity index (χ1v) is 7.63. The van der Waals surface area contributed by atoms with Gasteiger partial charge < -0.3 is 5.11 Å². The number of aromatic hydroxyl groups is 1. The first-order chi connectivity index (χ1) is 9.22. The highest BCUT2D eigenvalue weighted by molar-refractivity contribution is 5.53. The van der Waals surface area contributed by atoms with Gasteiger partial charge in [0.2, 0.25) is 0 Å². The molecule has 116 valence electrons. The number of phenols is 1. The molecule has 0 bridgehead atoms. The molecule has 1 rings (SSSR count). The number of benzene rings is 1. The Kier molecular flexibility index (Phi) is 4.54. The normalized spacial score (nSPS) is 12.8. The molecule has 0 atom stereocenters. The predicted molar refractivity (Wildman–Crippen MR) is 91.8 cm³/mol. The molecule has 0 aliphatic rings. The van der Waals surface area contributed by atoms with E-state index in [0.717, 1.165) is 16.7 Å². The van der Waals surface area contributed by atoms with Crippen molar-refractivity contribution in [2.45, 2.75) is 73.1 Å². The lowest BCUT2D eigenvalue weighted by atomic mass is 9.78. The molecule has 0 unspecified atom stereocenters. The van der Waals surface area contributed by atoms with Crippen molar-refractivity contribution in [3.8, 4) is 17.6 Å². The first-order valence-electron chi connectivity index (χ1n) is 7.63. The molecule has 0 saturated carbocycles. The molecule has 0 aliphatic carbocycles. The third-order valence-electron chi connectivity index (χ3n) is 3.31. The minimum Gasteiger partial charge on any atom is -0.507 e. The quantitative estimate of drug-likeness (QED) is 0.634. The van der Waals surface area contributed by atoms with Crippen molar-refractivity contribution in [1.29, 1.82) is 0 Å². The van der Waals surface area contributed by atoms with Crippen molar-refractivity contribution < 1.29 is 5.11 Å². The molecule has 0 aromatic heterocycles. The maximum atomic E-state index is 10.7. The summed E-state index contributed by atoms with van der Waals surface area (Å²) in [6, 6.07) is 4.06. The number of rotatable bonds is 0. The van der Waals surface area contributed by atoms with Gasteiger partial charge in [-0.25, -0.2) is 0 Å². The zero-order valence-electron chi connectivity index (χ0n) is 15.1. The van der Waals surface area contributed by atoms with Gasteiger partial charge in [-0.1, -0.05) is 53.4 Å². The monoisotopic (exact) mass is 286 g/mol. The Hall–Kier alpha value is -1.42. The van der Waals surface area contributed by atoms with Crippen molar-refractivity contribution in [1.82, 2.24) is 0 Å². The van der Waals surface area contributed by atoms with E-state index >= 15 is 0 Å². The van der Waals surface area contributed by atoms with Gasteiger partial charge in [-0.05, 0) is 43.7 Å². The van der Waals surface area contributed by atoms with Gasteiger partial charge >= 0.3 is 0 Å². The van der Waals surface area contributed by atoms with E-state index in [-0.39, 0.29) is 16.2 Å². The second kappa shape index (κ2) is 5.41. The average Bonchev–Trinajstić information content (AvgIpc) is 2.23. The molecule has 21 heavy (non-hydrogen) atoms. The van der Waals surface area contributed by atoms with Gasteiger partial charge in [-0.2, -0.15) is 0 Å². The fraction of sp³-hybridized carbons (Fsp3) is 0.600. The summed E-state index contributed by atoms with van der Waals surface area (Å²) in [4.78, 5) is 0. The van der Waals surface area contributed by atoms with E-state index < -0.39 is 0 Å². The summed E-state index contributed by atoms with van der Waals surface area (Å²) in [6.07, 6.45) is 0. The second-order valence-corrected chi connectivity index (χ2v) is 8.92. The van der Waals surface area contributed by atoms with Gasteiger partial charge in [0.25, 0.3) is 0 Å². The van der Waals surface area contributed by atoms with Crippen molar-refractivity contribution in [2.75, 3.05) is 0 Å². The van der Waals surface area contributed by atoms with E-state index in [1.165, 1.54) is 0 Å². The van der Waals surface area contributed by atoms with E-state index in [2.05, 4.69) is 74.2 Å². The van der Waals surface area contributed by atoms with Crippen LogP contribution in [0.15, 0.2) is 12.1 Å². The van der Waals surface area contributed by atoms with Crippen LogP contribution in [0.4, 0.5) is 0 Å². The van der Waals surface area contributed by atoms with Crippen LogP contribution in [-0.2, 0) is 10.8 Å². The van der Waals surface area contributed by atoms with E-state index in [0.29, 0.717) is 5.75 Å². The summed E-state index contributed by atoms with van der Waals surface area (Å²) >= 11 is 0. The molecule has 0 radical (unpaired) electrons. The number of hydrogen-bond acceptors (Lipinski definition) is 1. The lowest BCUT2D eigenvalue weighted by Crippen LogP contribution is -2.17. The van der Waals surface area contributed by atoms with Gasteiger partial charge in [-0.3, -0.25) is 0 Å². The predicted octanol–water partition coefficient (Wildman–Crippen LogP) is 5.38. The molecule has 1 N–H and O–H groups in total. The Bertz CT molecular complexity index is 540. The van der Waals surface area contributed by atoms with E-state index in [4.69, 9.17) is 0 Å². The summed E-state index contributed by atoms with van der Waals surface area (Å²) in [5, 5.41) is 10.7. The lowest BCUT2D eigenvalue weighted by Gasteiger charge is -2.27. The van der Waals surface area contributed by atoms with Crippen molar-refractivity contribution in [3.05, 3.63) is 28.8 Å². The Labute approximate surface area is 130 Å². The van der Waals surface area contributed by atoms with Gasteiger partial charge in [0.1, 0.15) is 5.75 Å². The van der Waals surface area contributed by atoms with Crippen LogP contribution in [0, 0.1) is 17.3 Å². The first kappa shape index (κ1) is 17.6. The number of hydrogen-bond donors (Lipinski definition) is 1. The van der Waals surface area contributed by atoms with Crippen LogP contribution >= 0.6 is 0 Å². The fourth-order valence-corrected chi connectivity index (χ4v) is 2.11. The Balaban J connectivity index is 3.58. The molecule has 0 spiro atoms. The smallest absolute Gasteiger partial charge is 0.123 e. The van der Waals surface area contributed by atoms with Gasteiger partial charge in [-0.15, -0.1) is 0 Å². The van der Waals surface area contributed by atoms with Gasteiger partial charge in [0.05, 0.1) is 0 Å². The topological polar surface area (TPSA) is 20.2 Å². The third-order valence-corrected chi connectivity index (χ3v) is 3.31. The summed E-state index contributed by atoms with van der Waals surface area (Å²) in [6.45, 7) is 19.0. The van der Waals surface area contributed by atoms with Crippen LogP contribution in [0.1, 0.15) is 79.0 Å². The Morgan fingerprint density at radius 3 is 1.43 bits per heavy atom.